The Morgan fingerprint density at radius 2 is 2.11 bits per heavy atom. The molecule has 0 aromatic heterocycles. The molecule has 106 valence electrons. The molecule has 19 heavy (non-hydrogen) atoms. The van der Waals surface area contributed by atoms with Crippen molar-refractivity contribution in [3.63, 3.8) is 0 Å². The quantitative estimate of drug-likeness (QED) is 0.836. The van der Waals surface area contributed by atoms with Gasteiger partial charge in [0.2, 0.25) is 0 Å². The normalized spacial score (nSPS) is 12.5. The number of alkyl halides is 2. The fourth-order valence-electron chi connectivity index (χ4n) is 2.00. The molecule has 1 atom stereocenters. The maximum absolute atomic E-state index is 12.9. The lowest BCUT2D eigenvalue weighted by Gasteiger charge is -2.20. The molecule has 0 bridgehead atoms. The highest BCUT2D eigenvalue weighted by molar-refractivity contribution is 5.66. The third-order valence-electron chi connectivity index (χ3n) is 2.92. The Kier molecular flexibility index (Phi) is 5.23. The van der Waals surface area contributed by atoms with Crippen molar-refractivity contribution < 1.29 is 23.4 Å². The minimum Gasteiger partial charge on any atom is -0.496 e. The van der Waals surface area contributed by atoms with Crippen LogP contribution in [0, 0.1) is 6.92 Å². The van der Waals surface area contributed by atoms with E-state index in [2.05, 4.69) is 0 Å². The van der Waals surface area contributed by atoms with Gasteiger partial charge in [-0.1, -0.05) is 6.07 Å². The Morgan fingerprint density at radius 1 is 1.47 bits per heavy atom. The predicted octanol–water partition coefficient (Wildman–Crippen LogP) is 2.81. The topological polar surface area (TPSA) is 72.5 Å². The standard InChI is InChI=1S/C13H17F2NO3/c1-7-3-4-8(13(14)15)12(19-2)11(7)9(16)5-6-10(17)18/h3-4,9,13H,5-6,16H2,1-2H3,(H,17,18). The summed E-state index contributed by atoms with van der Waals surface area (Å²) >= 11 is 0. The lowest BCUT2D eigenvalue weighted by atomic mass is 9.94. The largest absolute Gasteiger partial charge is 0.496 e. The Bertz CT molecular complexity index is 463. The molecule has 1 aromatic rings. The Balaban J connectivity index is 3.16. The number of rotatable bonds is 6. The molecule has 1 aromatic carbocycles. The van der Waals surface area contributed by atoms with Gasteiger partial charge in [0.15, 0.2) is 0 Å². The van der Waals surface area contributed by atoms with E-state index in [0.29, 0.717) is 11.1 Å². The van der Waals surface area contributed by atoms with Gasteiger partial charge < -0.3 is 15.6 Å². The van der Waals surface area contributed by atoms with Crippen LogP contribution in [0.1, 0.15) is 42.0 Å². The van der Waals surface area contributed by atoms with E-state index in [1.54, 1.807) is 13.0 Å². The van der Waals surface area contributed by atoms with Gasteiger partial charge in [-0.3, -0.25) is 4.79 Å². The van der Waals surface area contributed by atoms with Crippen molar-refractivity contribution in [3.05, 3.63) is 28.8 Å². The van der Waals surface area contributed by atoms with Gasteiger partial charge in [-0.05, 0) is 25.0 Å². The third kappa shape index (κ3) is 3.64. The Labute approximate surface area is 110 Å². The molecule has 0 aliphatic heterocycles. The van der Waals surface area contributed by atoms with Gasteiger partial charge >= 0.3 is 5.97 Å². The van der Waals surface area contributed by atoms with Gasteiger partial charge in [0, 0.05) is 18.0 Å². The van der Waals surface area contributed by atoms with Crippen LogP contribution in [0.2, 0.25) is 0 Å². The molecule has 1 unspecified atom stereocenters. The van der Waals surface area contributed by atoms with Crippen LogP contribution in [0.5, 0.6) is 5.75 Å². The van der Waals surface area contributed by atoms with E-state index >= 15 is 0 Å². The maximum atomic E-state index is 12.9. The molecule has 0 radical (unpaired) electrons. The molecule has 0 amide bonds. The molecule has 3 N–H and O–H groups in total. The van der Waals surface area contributed by atoms with Gasteiger partial charge in [-0.25, -0.2) is 8.78 Å². The molecule has 6 heteroatoms. The first-order valence-electron chi connectivity index (χ1n) is 5.81. The summed E-state index contributed by atoms with van der Waals surface area (Å²) in [6, 6.07) is 2.19. The highest BCUT2D eigenvalue weighted by Gasteiger charge is 2.22. The highest BCUT2D eigenvalue weighted by atomic mass is 19.3. The van der Waals surface area contributed by atoms with Gasteiger partial charge in [-0.15, -0.1) is 0 Å². The minimum absolute atomic E-state index is 0.0490. The SMILES string of the molecule is COc1c(C(F)F)ccc(C)c1C(N)CCC(=O)O. The van der Waals surface area contributed by atoms with E-state index in [9.17, 15) is 13.6 Å². The minimum atomic E-state index is -2.67. The molecule has 0 aliphatic carbocycles. The summed E-state index contributed by atoms with van der Waals surface area (Å²) < 4.78 is 30.8. The number of methoxy groups -OCH3 is 1. The summed E-state index contributed by atoms with van der Waals surface area (Å²) in [6.45, 7) is 1.73. The zero-order valence-electron chi connectivity index (χ0n) is 10.8. The summed E-state index contributed by atoms with van der Waals surface area (Å²) in [5.41, 5.74) is 6.83. The van der Waals surface area contributed by atoms with Crippen LogP contribution in [0.3, 0.4) is 0 Å². The van der Waals surface area contributed by atoms with E-state index in [1.807, 2.05) is 0 Å². The molecular formula is C13H17F2NO3. The molecule has 0 aliphatic rings. The smallest absolute Gasteiger partial charge is 0.303 e. The van der Waals surface area contributed by atoms with Crippen LogP contribution >= 0.6 is 0 Å². The Morgan fingerprint density at radius 3 is 2.58 bits per heavy atom. The van der Waals surface area contributed by atoms with E-state index < -0.39 is 18.4 Å². The molecule has 0 heterocycles. The number of aliphatic carboxylic acids is 1. The second-order valence-corrected chi connectivity index (χ2v) is 4.26. The van der Waals surface area contributed by atoms with E-state index in [1.165, 1.54) is 13.2 Å². The summed E-state index contributed by atoms with van der Waals surface area (Å²) in [5.74, 6) is -0.926. The van der Waals surface area contributed by atoms with Crippen LogP contribution < -0.4 is 10.5 Å². The van der Waals surface area contributed by atoms with E-state index in [4.69, 9.17) is 15.6 Å². The summed E-state index contributed by atoms with van der Waals surface area (Å²) in [4.78, 5) is 10.5. The zero-order valence-corrected chi connectivity index (χ0v) is 10.8. The summed E-state index contributed by atoms with van der Waals surface area (Å²) in [7, 11) is 1.30. The van der Waals surface area contributed by atoms with Gasteiger partial charge in [0.25, 0.3) is 6.43 Å². The van der Waals surface area contributed by atoms with Crippen molar-refractivity contribution in [2.45, 2.75) is 32.2 Å². The van der Waals surface area contributed by atoms with Crippen LogP contribution in [-0.2, 0) is 4.79 Å². The van der Waals surface area contributed by atoms with Gasteiger partial charge in [-0.2, -0.15) is 0 Å². The number of ether oxygens (including phenoxy) is 1. The van der Waals surface area contributed by atoms with Crippen molar-refractivity contribution in [2.75, 3.05) is 7.11 Å². The molecule has 0 saturated carbocycles. The number of benzene rings is 1. The second-order valence-electron chi connectivity index (χ2n) is 4.26. The molecule has 4 nitrogen and oxygen atoms in total. The molecule has 1 rings (SSSR count). The average Bonchev–Trinajstić information content (AvgIpc) is 2.34. The number of carbonyl (C=O) groups is 1. The van der Waals surface area contributed by atoms with Crippen LogP contribution in [0.15, 0.2) is 12.1 Å². The monoisotopic (exact) mass is 273 g/mol. The first kappa shape index (κ1) is 15.4. The maximum Gasteiger partial charge on any atom is 0.303 e. The Hall–Kier alpha value is -1.69. The van der Waals surface area contributed by atoms with E-state index in [-0.39, 0.29) is 24.2 Å². The number of hydrogen-bond acceptors (Lipinski definition) is 3. The van der Waals surface area contributed by atoms with Crippen molar-refractivity contribution in [2.24, 2.45) is 5.73 Å². The number of hydrogen-bond donors (Lipinski definition) is 2. The highest BCUT2D eigenvalue weighted by Crippen LogP contribution is 2.37. The average molecular weight is 273 g/mol. The second kappa shape index (κ2) is 6.47. The lowest BCUT2D eigenvalue weighted by molar-refractivity contribution is -0.137. The summed E-state index contributed by atoms with van der Waals surface area (Å²) in [6.07, 6.45) is -2.62. The van der Waals surface area contributed by atoms with Crippen molar-refractivity contribution in [1.29, 1.82) is 0 Å². The summed E-state index contributed by atoms with van der Waals surface area (Å²) in [5, 5.41) is 8.64. The van der Waals surface area contributed by atoms with Gasteiger partial charge in [0.1, 0.15) is 5.75 Å². The van der Waals surface area contributed by atoms with Crippen LogP contribution in [-0.4, -0.2) is 18.2 Å². The molecule has 0 saturated heterocycles. The lowest BCUT2D eigenvalue weighted by Crippen LogP contribution is -2.15. The molecular weight excluding hydrogens is 256 g/mol. The fraction of sp³-hybridized carbons (Fsp3) is 0.462. The molecule has 0 spiro atoms. The van der Waals surface area contributed by atoms with Crippen molar-refractivity contribution >= 4 is 5.97 Å². The van der Waals surface area contributed by atoms with Crippen LogP contribution in [0.25, 0.3) is 0 Å². The third-order valence-corrected chi connectivity index (χ3v) is 2.92. The number of aryl methyl sites for hydroxylation is 1. The number of carboxylic acid groups (broad SMARTS) is 1. The number of nitrogens with two attached hydrogens (primary N) is 1. The molecule has 0 fully saturated rings. The van der Waals surface area contributed by atoms with Crippen LogP contribution in [0.4, 0.5) is 8.78 Å². The predicted molar refractivity (Wildman–Crippen MR) is 66.5 cm³/mol. The number of halogens is 2. The number of carboxylic acids is 1. The van der Waals surface area contributed by atoms with Gasteiger partial charge in [0.05, 0.1) is 12.7 Å². The fourth-order valence-corrected chi connectivity index (χ4v) is 2.00. The van der Waals surface area contributed by atoms with Crippen molar-refractivity contribution in [1.82, 2.24) is 0 Å². The van der Waals surface area contributed by atoms with E-state index in [0.717, 1.165) is 0 Å². The zero-order chi connectivity index (χ0) is 14.6. The van der Waals surface area contributed by atoms with Crippen molar-refractivity contribution in [3.8, 4) is 5.75 Å². The first-order chi connectivity index (χ1) is 8.88. The first-order valence-corrected chi connectivity index (χ1v) is 5.81.